The number of hydrogen-bond donors (Lipinski definition) is 1. The van der Waals surface area contributed by atoms with Gasteiger partial charge in [-0.15, -0.1) is 0 Å². The SMILES string of the molecule is OCc1ccc(-c2ccc(Br)cc2F)cc1. The van der Waals surface area contributed by atoms with Crippen molar-refractivity contribution in [1.82, 2.24) is 0 Å². The molecule has 3 heteroatoms. The second-order valence-corrected chi connectivity index (χ2v) is 4.39. The summed E-state index contributed by atoms with van der Waals surface area (Å²) in [7, 11) is 0. The smallest absolute Gasteiger partial charge is 0.132 e. The fourth-order valence-corrected chi connectivity index (χ4v) is 1.85. The number of aliphatic hydroxyl groups excluding tert-OH is 1. The van der Waals surface area contributed by atoms with Crippen LogP contribution in [0.5, 0.6) is 0 Å². The van der Waals surface area contributed by atoms with Crippen molar-refractivity contribution in [3.05, 3.63) is 58.3 Å². The number of aliphatic hydroxyl groups is 1. The highest BCUT2D eigenvalue weighted by atomic mass is 79.9. The van der Waals surface area contributed by atoms with Gasteiger partial charge in [-0.2, -0.15) is 0 Å². The van der Waals surface area contributed by atoms with Crippen molar-refractivity contribution in [2.24, 2.45) is 0 Å². The summed E-state index contributed by atoms with van der Waals surface area (Å²) in [5.74, 6) is -0.258. The van der Waals surface area contributed by atoms with Crippen molar-refractivity contribution < 1.29 is 9.50 Å². The fraction of sp³-hybridized carbons (Fsp3) is 0.0769. The molecular formula is C13H10BrFO. The Labute approximate surface area is 102 Å². The quantitative estimate of drug-likeness (QED) is 0.888. The third-order valence-electron chi connectivity index (χ3n) is 2.38. The van der Waals surface area contributed by atoms with Gasteiger partial charge < -0.3 is 5.11 Å². The van der Waals surface area contributed by atoms with E-state index in [-0.39, 0.29) is 12.4 Å². The van der Waals surface area contributed by atoms with E-state index >= 15 is 0 Å². The number of rotatable bonds is 2. The summed E-state index contributed by atoms with van der Waals surface area (Å²) in [6.07, 6.45) is 0. The maximum Gasteiger partial charge on any atom is 0.132 e. The van der Waals surface area contributed by atoms with Crippen molar-refractivity contribution in [1.29, 1.82) is 0 Å². The van der Waals surface area contributed by atoms with Gasteiger partial charge in [0.05, 0.1) is 6.61 Å². The Balaban J connectivity index is 2.42. The van der Waals surface area contributed by atoms with E-state index < -0.39 is 0 Å². The molecule has 0 amide bonds. The maximum atomic E-state index is 13.6. The van der Waals surface area contributed by atoms with Crippen LogP contribution in [0.2, 0.25) is 0 Å². The van der Waals surface area contributed by atoms with Crippen LogP contribution in [0, 0.1) is 5.82 Å². The first-order valence-electron chi connectivity index (χ1n) is 4.86. The van der Waals surface area contributed by atoms with Crippen molar-refractivity contribution in [2.45, 2.75) is 6.61 Å². The Bertz CT molecular complexity index is 494. The van der Waals surface area contributed by atoms with E-state index in [1.807, 2.05) is 0 Å². The molecule has 16 heavy (non-hydrogen) atoms. The molecule has 0 saturated carbocycles. The van der Waals surface area contributed by atoms with Gasteiger partial charge in [0.2, 0.25) is 0 Å². The molecule has 2 aromatic rings. The molecule has 82 valence electrons. The van der Waals surface area contributed by atoms with Crippen LogP contribution in [0.1, 0.15) is 5.56 Å². The Morgan fingerprint density at radius 1 is 1.06 bits per heavy atom. The molecule has 0 aliphatic heterocycles. The van der Waals surface area contributed by atoms with Crippen LogP contribution in [0.15, 0.2) is 46.9 Å². The number of benzene rings is 2. The first-order chi connectivity index (χ1) is 7.70. The monoisotopic (exact) mass is 280 g/mol. The van der Waals surface area contributed by atoms with Crippen molar-refractivity contribution in [2.75, 3.05) is 0 Å². The predicted octanol–water partition coefficient (Wildman–Crippen LogP) is 3.75. The van der Waals surface area contributed by atoms with Crippen LogP contribution in [0.25, 0.3) is 11.1 Å². The highest BCUT2D eigenvalue weighted by molar-refractivity contribution is 9.10. The lowest BCUT2D eigenvalue weighted by atomic mass is 10.0. The van der Waals surface area contributed by atoms with Gasteiger partial charge in [0.15, 0.2) is 0 Å². The van der Waals surface area contributed by atoms with Crippen molar-refractivity contribution >= 4 is 15.9 Å². The van der Waals surface area contributed by atoms with E-state index in [1.165, 1.54) is 6.07 Å². The second-order valence-electron chi connectivity index (χ2n) is 3.48. The van der Waals surface area contributed by atoms with Gasteiger partial charge in [-0.05, 0) is 23.3 Å². The molecule has 1 N–H and O–H groups in total. The topological polar surface area (TPSA) is 20.2 Å². The highest BCUT2D eigenvalue weighted by Gasteiger charge is 2.05. The van der Waals surface area contributed by atoms with Crippen LogP contribution < -0.4 is 0 Å². The van der Waals surface area contributed by atoms with E-state index in [0.717, 1.165) is 15.6 Å². The summed E-state index contributed by atoms with van der Waals surface area (Å²) in [5, 5.41) is 8.91. The molecule has 0 saturated heterocycles. The third-order valence-corrected chi connectivity index (χ3v) is 2.87. The lowest BCUT2D eigenvalue weighted by molar-refractivity contribution is 0.282. The molecule has 1 nitrogen and oxygen atoms in total. The third kappa shape index (κ3) is 2.31. The summed E-state index contributed by atoms with van der Waals surface area (Å²) >= 11 is 3.22. The Hall–Kier alpha value is -1.19. The van der Waals surface area contributed by atoms with E-state index in [0.29, 0.717) is 5.56 Å². The summed E-state index contributed by atoms with van der Waals surface area (Å²) < 4.78 is 14.4. The number of hydrogen-bond acceptors (Lipinski definition) is 1. The van der Waals surface area contributed by atoms with Crippen LogP contribution in [-0.2, 0) is 6.61 Å². The van der Waals surface area contributed by atoms with Crippen LogP contribution >= 0.6 is 15.9 Å². The minimum Gasteiger partial charge on any atom is -0.392 e. The first-order valence-corrected chi connectivity index (χ1v) is 5.65. The molecule has 0 unspecified atom stereocenters. The maximum absolute atomic E-state index is 13.6. The van der Waals surface area contributed by atoms with Crippen molar-refractivity contribution in [3.8, 4) is 11.1 Å². The van der Waals surface area contributed by atoms with Gasteiger partial charge in [0.25, 0.3) is 0 Å². The molecule has 0 atom stereocenters. The summed E-state index contributed by atoms with van der Waals surface area (Å²) in [6.45, 7) is 0.00308. The fourth-order valence-electron chi connectivity index (χ4n) is 1.51. The van der Waals surface area contributed by atoms with E-state index in [1.54, 1.807) is 36.4 Å². The Kier molecular flexibility index (Phi) is 3.36. The van der Waals surface area contributed by atoms with E-state index in [9.17, 15) is 4.39 Å². The molecule has 0 aliphatic rings. The molecule has 0 radical (unpaired) electrons. The minimum absolute atomic E-state index is 0.00308. The van der Waals surface area contributed by atoms with Crippen LogP contribution in [0.3, 0.4) is 0 Å². The molecule has 0 aromatic heterocycles. The summed E-state index contributed by atoms with van der Waals surface area (Å²) in [6, 6.07) is 12.2. The Morgan fingerprint density at radius 2 is 1.75 bits per heavy atom. The van der Waals surface area contributed by atoms with E-state index in [4.69, 9.17) is 5.11 Å². The zero-order chi connectivity index (χ0) is 11.5. The molecule has 0 spiro atoms. The molecule has 0 heterocycles. The first kappa shape index (κ1) is 11.3. The summed E-state index contributed by atoms with van der Waals surface area (Å²) in [5.41, 5.74) is 2.19. The lowest BCUT2D eigenvalue weighted by Gasteiger charge is -2.04. The molecule has 2 aromatic carbocycles. The van der Waals surface area contributed by atoms with Gasteiger partial charge >= 0.3 is 0 Å². The standard InChI is InChI=1S/C13H10BrFO/c14-11-5-6-12(13(15)7-11)10-3-1-9(8-16)2-4-10/h1-7,16H,8H2. The molecular weight excluding hydrogens is 271 g/mol. The number of halogens is 2. The Morgan fingerprint density at radius 3 is 2.31 bits per heavy atom. The largest absolute Gasteiger partial charge is 0.392 e. The van der Waals surface area contributed by atoms with Gasteiger partial charge in [0.1, 0.15) is 5.82 Å². The predicted molar refractivity (Wildman–Crippen MR) is 65.5 cm³/mol. The molecule has 0 bridgehead atoms. The summed E-state index contributed by atoms with van der Waals surface area (Å²) in [4.78, 5) is 0. The minimum atomic E-state index is -0.258. The van der Waals surface area contributed by atoms with Gasteiger partial charge in [-0.3, -0.25) is 0 Å². The van der Waals surface area contributed by atoms with E-state index in [2.05, 4.69) is 15.9 Å². The lowest BCUT2D eigenvalue weighted by Crippen LogP contribution is -1.86. The second kappa shape index (κ2) is 4.76. The zero-order valence-electron chi connectivity index (χ0n) is 8.45. The highest BCUT2D eigenvalue weighted by Crippen LogP contribution is 2.25. The van der Waals surface area contributed by atoms with Gasteiger partial charge in [-0.1, -0.05) is 46.3 Å². The van der Waals surface area contributed by atoms with Gasteiger partial charge in [-0.25, -0.2) is 4.39 Å². The average Bonchev–Trinajstić information content (AvgIpc) is 2.29. The molecule has 2 rings (SSSR count). The molecule has 0 fully saturated rings. The average molecular weight is 281 g/mol. The normalized spacial score (nSPS) is 10.4. The zero-order valence-corrected chi connectivity index (χ0v) is 10.0. The van der Waals surface area contributed by atoms with Crippen LogP contribution in [-0.4, -0.2) is 5.11 Å². The van der Waals surface area contributed by atoms with Crippen LogP contribution in [0.4, 0.5) is 4.39 Å². The van der Waals surface area contributed by atoms with Crippen molar-refractivity contribution in [3.63, 3.8) is 0 Å². The van der Waals surface area contributed by atoms with Gasteiger partial charge in [0, 0.05) is 10.0 Å². The molecule has 0 aliphatic carbocycles.